The van der Waals surface area contributed by atoms with Gasteiger partial charge < -0.3 is 10.2 Å². The minimum absolute atomic E-state index is 0.0456. The van der Waals surface area contributed by atoms with Crippen molar-refractivity contribution in [1.29, 1.82) is 0 Å². The van der Waals surface area contributed by atoms with Gasteiger partial charge in [-0.1, -0.05) is 37.3 Å². The summed E-state index contributed by atoms with van der Waals surface area (Å²) in [5.74, 6) is 1.08. The number of piperidine rings is 1. The van der Waals surface area contributed by atoms with Gasteiger partial charge in [0.1, 0.15) is 5.82 Å². The van der Waals surface area contributed by atoms with Gasteiger partial charge >= 0.3 is 0 Å². The Bertz CT molecular complexity index is 688. The zero-order chi connectivity index (χ0) is 17.6. The molecule has 1 saturated heterocycles. The Balaban J connectivity index is 1.61. The van der Waals surface area contributed by atoms with Gasteiger partial charge in [0.2, 0.25) is 11.0 Å². The number of benzene rings is 1. The van der Waals surface area contributed by atoms with Crippen LogP contribution in [0.1, 0.15) is 44.5 Å². The first kappa shape index (κ1) is 17.9. The van der Waals surface area contributed by atoms with Crippen LogP contribution >= 0.6 is 11.5 Å². The SMILES string of the molecule is CCC(C)NC(=O)C1CCCN(c2nc(Cc3ccccc3)ns2)C1. The third-order valence-electron chi connectivity index (χ3n) is 4.73. The predicted octanol–water partition coefficient (Wildman–Crippen LogP) is 3.26. The fourth-order valence-corrected chi connectivity index (χ4v) is 3.77. The van der Waals surface area contributed by atoms with Crippen molar-refractivity contribution in [1.82, 2.24) is 14.7 Å². The van der Waals surface area contributed by atoms with Crippen LogP contribution in [0.2, 0.25) is 0 Å². The number of amides is 1. The van der Waals surface area contributed by atoms with Gasteiger partial charge in [-0.3, -0.25) is 4.79 Å². The second kappa shape index (κ2) is 8.43. The van der Waals surface area contributed by atoms with Crippen LogP contribution in [0.15, 0.2) is 30.3 Å². The lowest BCUT2D eigenvalue weighted by atomic mass is 9.97. The Hall–Kier alpha value is -1.95. The highest BCUT2D eigenvalue weighted by Gasteiger charge is 2.28. The molecule has 2 heterocycles. The summed E-state index contributed by atoms with van der Waals surface area (Å²) < 4.78 is 4.51. The lowest BCUT2D eigenvalue weighted by Gasteiger charge is -2.32. The Morgan fingerprint density at radius 1 is 1.40 bits per heavy atom. The van der Waals surface area contributed by atoms with Crippen molar-refractivity contribution < 1.29 is 4.79 Å². The lowest BCUT2D eigenvalue weighted by Crippen LogP contribution is -2.45. The van der Waals surface area contributed by atoms with Crippen LogP contribution in [0, 0.1) is 5.92 Å². The maximum absolute atomic E-state index is 12.4. The van der Waals surface area contributed by atoms with Gasteiger partial charge in [0.05, 0.1) is 5.92 Å². The third-order valence-corrected chi connectivity index (χ3v) is 5.54. The highest BCUT2D eigenvalue weighted by Crippen LogP contribution is 2.25. The number of carbonyl (C=O) groups excluding carboxylic acids is 1. The van der Waals surface area contributed by atoms with Crippen LogP contribution in [-0.2, 0) is 11.2 Å². The molecule has 1 aliphatic rings. The van der Waals surface area contributed by atoms with E-state index in [-0.39, 0.29) is 17.9 Å². The molecule has 2 atom stereocenters. The Kier molecular flexibility index (Phi) is 6.02. The summed E-state index contributed by atoms with van der Waals surface area (Å²) in [5, 5.41) is 4.05. The minimum Gasteiger partial charge on any atom is -0.353 e. The molecule has 1 N–H and O–H groups in total. The smallest absolute Gasteiger partial charge is 0.225 e. The zero-order valence-corrected chi connectivity index (χ0v) is 15.8. The fraction of sp³-hybridized carbons (Fsp3) is 0.526. The van der Waals surface area contributed by atoms with Crippen molar-refractivity contribution in [2.24, 2.45) is 5.92 Å². The third kappa shape index (κ3) is 4.78. The minimum atomic E-state index is 0.0456. The molecule has 1 fully saturated rings. The summed E-state index contributed by atoms with van der Waals surface area (Å²) >= 11 is 1.44. The predicted molar refractivity (Wildman–Crippen MR) is 102 cm³/mol. The molecular weight excluding hydrogens is 332 g/mol. The molecule has 1 aliphatic heterocycles. The Morgan fingerprint density at radius 2 is 2.20 bits per heavy atom. The van der Waals surface area contributed by atoms with Crippen molar-refractivity contribution in [2.45, 2.75) is 45.6 Å². The monoisotopic (exact) mass is 358 g/mol. The number of hydrogen-bond donors (Lipinski definition) is 1. The molecule has 5 nitrogen and oxygen atoms in total. The summed E-state index contributed by atoms with van der Waals surface area (Å²) in [4.78, 5) is 19.3. The summed E-state index contributed by atoms with van der Waals surface area (Å²) in [6.45, 7) is 5.84. The number of nitrogens with zero attached hydrogens (tertiary/aromatic N) is 3. The van der Waals surface area contributed by atoms with Gasteiger partial charge in [0.25, 0.3) is 0 Å². The number of anilines is 1. The number of rotatable bonds is 6. The first-order chi connectivity index (χ1) is 12.2. The first-order valence-corrected chi connectivity index (χ1v) is 9.85. The van der Waals surface area contributed by atoms with E-state index >= 15 is 0 Å². The van der Waals surface area contributed by atoms with Crippen LogP contribution in [0.3, 0.4) is 0 Å². The van der Waals surface area contributed by atoms with E-state index in [4.69, 9.17) is 4.98 Å². The molecule has 1 amide bonds. The van der Waals surface area contributed by atoms with Crippen LogP contribution in [0.4, 0.5) is 5.13 Å². The van der Waals surface area contributed by atoms with E-state index in [9.17, 15) is 4.79 Å². The molecule has 1 aromatic heterocycles. The van der Waals surface area contributed by atoms with Crippen molar-refractivity contribution in [3.63, 3.8) is 0 Å². The van der Waals surface area contributed by atoms with E-state index in [1.165, 1.54) is 17.1 Å². The number of aromatic nitrogens is 2. The largest absolute Gasteiger partial charge is 0.353 e. The van der Waals surface area contributed by atoms with Crippen LogP contribution < -0.4 is 10.2 Å². The molecule has 0 spiro atoms. The van der Waals surface area contributed by atoms with Crippen LogP contribution in [0.5, 0.6) is 0 Å². The second-order valence-corrected chi connectivity index (χ2v) is 7.49. The molecule has 1 aromatic carbocycles. The topological polar surface area (TPSA) is 58.1 Å². The van der Waals surface area contributed by atoms with E-state index in [1.54, 1.807) is 0 Å². The van der Waals surface area contributed by atoms with E-state index in [2.05, 4.69) is 40.6 Å². The summed E-state index contributed by atoms with van der Waals surface area (Å²) in [7, 11) is 0. The second-order valence-electron chi connectivity index (χ2n) is 6.76. The molecule has 2 aromatic rings. The molecule has 134 valence electrons. The van der Waals surface area contributed by atoms with Crippen molar-refractivity contribution >= 4 is 22.6 Å². The molecule has 6 heteroatoms. The average molecular weight is 359 g/mol. The molecule has 0 radical (unpaired) electrons. The molecule has 3 rings (SSSR count). The number of hydrogen-bond acceptors (Lipinski definition) is 5. The standard InChI is InChI=1S/C19H26N4OS/c1-3-14(2)20-18(24)16-10-7-11-23(13-16)19-21-17(22-25-19)12-15-8-5-4-6-9-15/h4-6,8-9,14,16H,3,7,10-13H2,1-2H3,(H,20,24). The Morgan fingerprint density at radius 3 is 2.96 bits per heavy atom. The lowest BCUT2D eigenvalue weighted by molar-refractivity contribution is -0.125. The number of carbonyl (C=O) groups is 1. The van der Waals surface area contributed by atoms with Crippen molar-refractivity contribution in [3.8, 4) is 0 Å². The van der Waals surface area contributed by atoms with Crippen molar-refractivity contribution in [2.75, 3.05) is 18.0 Å². The van der Waals surface area contributed by atoms with Crippen LogP contribution in [-0.4, -0.2) is 34.4 Å². The number of nitrogens with one attached hydrogen (secondary N) is 1. The van der Waals surface area contributed by atoms with Gasteiger partial charge in [-0.05, 0) is 31.7 Å². The summed E-state index contributed by atoms with van der Waals surface area (Å²) in [5.41, 5.74) is 1.22. The molecular formula is C19H26N4OS. The van der Waals surface area contributed by atoms with Gasteiger partial charge in [0, 0.05) is 37.1 Å². The molecule has 2 unspecified atom stereocenters. The normalized spacial score (nSPS) is 18.8. The van der Waals surface area contributed by atoms with Crippen molar-refractivity contribution in [3.05, 3.63) is 41.7 Å². The molecule has 0 aliphatic carbocycles. The maximum Gasteiger partial charge on any atom is 0.225 e. The average Bonchev–Trinajstić information content (AvgIpc) is 3.11. The molecule has 25 heavy (non-hydrogen) atoms. The highest BCUT2D eigenvalue weighted by atomic mass is 32.1. The fourth-order valence-electron chi connectivity index (χ4n) is 3.05. The zero-order valence-electron chi connectivity index (χ0n) is 14.9. The first-order valence-electron chi connectivity index (χ1n) is 9.07. The highest BCUT2D eigenvalue weighted by molar-refractivity contribution is 7.09. The van der Waals surface area contributed by atoms with Gasteiger partial charge in [0.15, 0.2) is 0 Å². The van der Waals surface area contributed by atoms with E-state index in [1.807, 2.05) is 18.2 Å². The van der Waals surface area contributed by atoms with E-state index < -0.39 is 0 Å². The summed E-state index contributed by atoms with van der Waals surface area (Å²) in [6.07, 6.45) is 3.69. The van der Waals surface area contributed by atoms with Gasteiger partial charge in [-0.15, -0.1) is 0 Å². The molecule has 0 bridgehead atoms. The van der Waals surface area contributed by atoms with E-state index in [0.717, 1.165) is 49.7 Å². The van der Waals surface area contributed by atoms with E-state index in [0.29, 0.717) is 0 Å². The molecule has 0 saturated carbocycles. The van der Waals surface area contributed by atoms with Gasteiger partial charge in [-0.2, -0.15) is 4.37 Å². The summed E-state index contributed by atoms with van der Waals surface area (Å²) in [6, 6.07) is 10.5. The quantitative estimate of drug-likeness (QED) is 0.861. The van der Waals surface area contributed by atoms with Gasteiger partial charge in [-0.25, -0.2) is 4.98 Å². The van der Waals surface area contributed by atoms with Crippen LogP contribution in [0.25, 0.3) is 0 Å². The maximum atomic E-state index is 12.4. The Labute approximate surface area is 153 Å².